The Labute approximate surface area is 250 Å². The van der Waals surface area contributed by atoms with E-state index in [1.54, 1.807) is 24.4 Å². The highest BCUT2D eigenvalue weighted by Gasteiger charge is 2.68. The third-order valence-corrected chi connectivity index (χ3v) is 9.28. The number of carbonyl (C=O) groups excluding carboxylic acids is 2. The Bertz CT molecular complexity index is 1850. The zero-order valence-corrected chi connectivity index (χ0v) is 23.9. The predicted octanol–water partition coefficient (Wildman–Crippen LogP) is 4.97. The van der Waals surface area contributed by atoms with Crippen molar-refractivity contribution in [1.29, 1.82) is 0 Å². The Morgan fingerprint density at radius 2 is 2.02 bits per heavy atom. The summed E-state index contributed by atoms with van der Waals surface area (Å²) < 4.78 is 20.6. The van der Waals surface area contributed by atoms with Crippen LogP contribution in [0, 0.1) is 18.7 Å². The van der Waals surface area contributed by atoms with Crippen LogP contribution in [-0.4, -0.2) is 39.5 Å². The zero-order chi connectivity index (χ0) is 29.6. The molecule has 2 saturated carbocycles. The quantitative estimate of drug-likeness (QED) is 0.273. The summed E-state index contributed by atoms with van der Waals surface area (Å²) in [6, 6.07) is 11.1. The minimum Gasteiger partial charge on any atom is -0.486 e. The fourth-order valence-electron chi connectivity index (χ4n) is 6.04. The number of aromatic nitrogens is 2. The lowest BCUT2D eigenvalue weighted by molar-refractivity contribution is -0.120. The Hall–Kier alpha value is -3.79. The number of primary amides is 1. The van der Waals surface area contributed by atoms with Crippen LogP contribution in [0.15, 0.2) is 48.7 Å². The maximum absolute atomic E-state index is 14.5. The fraction of sp³-hybridized carbons (Fsp3) is 0.290. The van der Waals surface area contributed by atoms with Crippen molar-refractivity contribution in [1.82, 2.24) is 15.3 Å². The van der Waals surface area contributed by atoms with E-state index in [9.17, 15) is 19.1 Å². The smallest absolute Gasteiger partial charge is 0.251 e. The van der Waals surface area contributed by atoms with Gasteiger partial charge in [0.05, 0.1) is 27.8 Å². The first-order valence-corrected chi connectivity index (χ1v) is 14.3. The van der Waals surface area contributed by atoms with Crippen molar-refractivity contribution in [2.75, 3.05) is 6.54 Å². The van der Waals surface area contributed by atoms with E-state index in [1.807, 2.05) is 13.0 Å². The molecule has 8 nitrogen and oxygen atoms in total. The van der Waals surface area contributed by atoms with Gasteiger partial charge in [0, 0.05) is 34.7 Å². The molecule has 0 saturated heterocycles. The highest BCUT2D eigenvalue weighted by molar-refractivity contribution is 6.35. The number of ether oxygens (including phenoxy) is 1. The molecule has 4 aromatic rings. The first kappa shape index (κ1) is 27.1. The Morgan fingerprint density at radius 3 is 2.76 bits per heavy atom. The van der Waals surface area contributed by atoms with Crippen LogP contribution in [0.4, 0.5) is 4.39 Å². The number of rotatable bonds is 7. The number of nitrogens with one attached hydrogen (secondary N) is 1. The minimum absolute atomic E-state index is 0.164. The topological polar surface area (TPSA) is 127 Å². The van der Waals surface area contributed by atoms with Gasteiger partial charge in [0.25, 0.3) is 5.91 Å². The lowest BCUT2D eigenvalue weighted by Gasteiger charge is -2.30. The third-order valence-electron chi connectivity index (χ3n) is 8.61. The Kier molecular flexibility index (Phi) is 6.03. The number of hydrogen-bond acceptors (Lipinski definition) is 6. The van der Waals surface area contributed by atoms with E-state index in [0.29, 0.717) is 40.9 Å². The van der Waals surface area contributed by atoms with E-state index < -0.39 is 34.8 Å². The van der Waals surface area contributed by atoms with Crippen LogP contribution in [0.25, 0.3) is 22.2 Å². The number of hydrogen-bond donors (Lipinski definition) is 3. The van der Waals surface area contributed by atoms with E-state index in [0.717, 1.165) is 10.9 Å². The monoisotopic (exact) mass is 606 g/mol. The van der Waals surface area contributed by atoms with Gasteiger partial charge in [-0.15, -0.1) is 0 Å². The molecule has 2 unspecified atom stereocenters. The molecule has 2 aromatic heterocycles. The molecule has 3 aliphatic rings. The number of amides is 2. The van der Waals surface area contributed by atoms with E-state index in [1.165, 1.54) is 18.2 Å². The number of benzene rings is 2. The van der Waals surface area contributed by atoms with Crippen LogP contribution < -0.4 is 15.8 Å². The molecule has 2 aliphatic carbocycles. The maximum Gasteiger partial charge on any atom is 0.251 e. The Morgan fingerprint density at radius 1 is 1.24 bits per heavy atom. The summed E-state index contributed by atoms with van der Waals surface area (Å²) >= 11 is 12.8. The van der Waals surface area contributed by atoms with Crippen LogP contribution in [0.5, 0.6) is 5.75 Å². The van der Waals surface area contributed by atoms with Crippen molar-refractivity contribution in [3.8, 4) is 17.0 Å². The van der Waals surface area contributed by atoms with Crippen molar-refractivity contribution < 1.29 is 23.8 Å². The largest absolute Gasteiger partial charge is 0.486 e. The fourth-order valence-corrected chi connectivity index (χ4v) is 6.53. The first-order chi connectivity index (χ1) is 20.0. The van der Waals surface area contributed by atoms with E-state index in [2.05, 4.69) is 10.3 Å². The summed E-state index contributed by atoms with van der Waals surface area (Å²) in [7, 11) is 0. The van der Waals surface area contributed by atoms with Gasteiger partial charge in [0.15, 0.2) is 5.75 Å². The molecule has 2 amide bonds. The number of aryl methyl sites for hydroxylation is 1. The van der Waals surface area contributed by atoms with Crippen molar-refractivity contribution in [3.63, 3.8) is 0 Å². The summed E-state index contributed by atoms with van der Waals surface area (Å²) in [5.41, 5.74) is 6.13. The van der Waals surface area contributed by atoms with Gasteiger partial charge in [-0.1, -0.05) is 35.3 Å². The molecule has 4 N–H and O–H groups in total. The summed E-state index contributed by atoms with van der Waals surface area (Å²) in [6.07, 6.45) is 3.03. The molecular formula is C31H25Cl2FN4O4. The highest BCUT2D eigenvalue weighted by Crippen LogP contribution is 2.62. The van der Waals surface area contributed by atoms with Crippen LogP contribution in [0.3, 0.4) is 0 Å². The van der Waals surface area contributed by atoms with Crippen LogP contribution >= 0.6 is 23.2 Å². The lowest BCUT2D eigenvalue weighted by atomic mass is 9.87. The van der Waals surface area contributed by atoms with Gasteiger partial charge < -0.3 is 20.9 Å². The molecule has 214 valence electrons. The molecule has 0 spiro atoms. The van der Waals surface area contributed by atoms with Crippen LogP contribution in [0.1, 0.15) is 46.4 Å². The second kappa shape index (κ2) is 9.36. The van der Waals surface area contributed by atoms with Crippen molar-refractivity contribution in [2.45, 2.75) is 43.3 Å². The van der Waals surface area contributed by atoms with E-state index in [4.69, 9.17) is 38.7 Å². The molecule has 0 bridgehead atoms. The van der Waals surface area contributed by atoms with Gasteiger partial charge in [0.1, 0.15) is 28.6 Å². The Balaban J connectivity index is 1.29. The lowest BCUT2D eigenvalue weighted by Crippen LogP contribution is -2.43. The van der Waals surface area contributed by atoms with Gasteiger partial charge in [-0.3, -0.25) is 14.6 Å². The van der Waals surface area contributed by atoms with Crippen LogP contribution in [-0.2, 0) is 15.8 Å². The van der Waals surface area contributed by atoms with Gasteiger partial charge in [-0.25, -0.2) is 9.37 Å². The zero-order valence-electron chi connectivity index (χ0n) is 22.4. The number of carbonyl (C=O) groups is 2. The molecule has 2 aromatic carbocycles. The molecular weight excluding hydrogens is 582 g/mol. The predicted molar refractivity (Wildman–Crippen MR) is 155 cm³/mol. The molecule has 3 atom stereocenters. The number of nitrogens with two attached hydrogens (primary N) is 1. The van der Waals surface area contributed by atoms with Crippen molar-refractivity contribution in [2.24, 2.45) is 11.7 Å². The molecule has 42 heavy (non-hydrogen) atoms. The summed E-state index contributed by atoms with van der Waals surface area (Å²) in [4.78, 5) is 35.1. The average molecular weight is 607 g/mol. The van der Waals surface area contributed by atoms with Gasteiger partial charge in [-0.05, 0) is 61.6 Å². The minimum atomic E-state index is -1.61. The van der Waals surface area contributed by atoms with Crippen molar-refractivity contribution >= 4 is 45.9 Å². The second-order valence-corrected chi connectivity index (χ2v) is 12.2. The molecule has 3 heterocycles. The van der Waals surface area contributed by atoms with Crippen LogP contribution in [0.2, 0.25) is 10.0 Å². The molecule has 11 heteroatoms. The highest BCUT2D eigenvalue weighted by atomic mass is 35.5. The standard InChI is InChI=1S/C31H25Cl2FN4O4/c1-14-7-15-8-16(9-20(32)25(15)36-12-14)28(39)37-13-31(41,17-5-6-17)22-10-19-27(42-23-11-30(19,23)29(35)40)26(38-22)18-3-2-4-21(34)24(18)33/h2-4,7-10,12,17,23,41H,5-6,11,13H2,1H3,(H2,35,40)(H,37,39)/t23?,30-,31?/m1/s1. The molecule has 0 radical (unpaired) electrons. The normalized spacial score (nSPS) is 21.7. The van der Waals surface area contributed by atoms with Crippen molar-refractivity contribution in [3.05, 3.63) is 86.9 Å². The number of halogens is 3. The molecule has 7 rings (SSSR count). The summed E-state index contributed by atoms with van der Waals surface area (Å²) in [6.45, 7) is 1.73. The molecule has 1 aliphatic heterocycles. The number of pyridine rings is 2. The number of fused-ring (bicyclic) bond motifs is 4. The average Bonchev–Trinajstić information content (AvgIpc) is 3.89. The van der Waals surface area contributed by atoms with E-state index in [-0.39, 0.29) is 40.2 Å². The second-order valence-electron chi connectivity index (χ2n) is 11.4. The summed E-state index contributed by atoms with van der Waals surface area (Å²) in [5.74, 6) is -1.56. The number of aliphatic hydroxyl groups is 1. The van der Waals surface area contributed by atoms with Gasteiger partial charge in [-0.2, -0.15) is 0 Å². The summed E-state index contributed by atoms with van der Waals surface area (Å²) in [5, 5.41) is 15.9. The maximum atomic E-state index is 14.5. The number of nitrogens with zero attached hydrogens (tertiary/aromatic N) is 2. The SMILES string of the molecule is Cc1cnc2c(Cl)cc(C(=O)NCC(O)(c3cc4c(c(-c5cccc(F)c5Cl)n3)OC3C[C@@]43C(N)=O)C3CC3)cc2c1. The van der Waals surface area contributed by atoms with Gasteiger partial charge in [0.2, 0.25) is 5.91 Å². The third kappa shape index (κ3) is 4.06. The van der Waals surface area contributed by atoms with E-state index >= 15 is 0 Å². The molecule has 2 fully saturated rings. The first-order valence-electron chi connectivity index (χ1n) is 13.6. The van der Waals surface area contributed by atoms with Gasteiger partial charge >= 0.3 is 0 Å².